The molecule has 0 N–H and O–H groups in total. The number of rotatable bonds is 2. The van der Waals surface area contributed by atoms with Crippen LogP contribution in [-0.2, 0) is 6.42 Å². The van der Waals surface area contributed by atoms with Crippen LogP contribution in [0.1, 0.15) is 43.0 Å². The van der Waals surface area contributed by atoms with Crippen LogP contribution in [0.3, 0.4) is 0 Å². The van der Waals surface area contributed by atoms with Crippen molar-refractivity contribution in [3.63, 3.8) is 0 Å². The summed E-state index contributed by atoms with van der Waals surface area (Å²) in [6, 6.07) is 4.53. The van der Waals surface area contributed by atoms with Crippen molar-refractivity contribution in [2.24, 2.45) is 0 Å². The van der Waals surface area contributed by atoms with E-state index in [0.717, 1.165) is 6.42 Å². The van der Waals surface area contributed by atoms with Crippen LogP contribution < -0.4 is 0 Å². The zero-order valence-corrected chi connectivity index (χ0v) is 11.1. The predicted octanol–water partition coefficient (Wildman–Crippen LogP) is 4.76. The van der Waals surface area contributed by atoms with Gasteiger partial charge in [-0.2, -0.15) is 0 Å². The van der Waals surface area contributed by atoms with E-state index in [1.54, 1.807) is 0 Å². The van der Waals surface area contributed by atoms with Crippen molar-refractivity contribution in [1.82, 2.24) is 0 Å². The Bertz CT molecular complexity index is 332. The summed E-state index contributed by atoms with van der Waals surface area (Å²) in [5.74, 6) is 0. The van der Waals surface area contributed by atoms with Gasteiger partial charge < -0.3 is 0 Å². The van der Waals surface area contributed by atoms with Crippen molar-refractivity contribution in [3.8, 4) is 0 Å². The molecule has 84 valence electrons. The fraction of sp³-hybridized carbons (Fsp3) is 0.467. The van der Waals surface area contributed by atoms with Crippen LogP contribution in [0.5, 0.6) is 0 Å². The molecule has 0 saturated carbocycles. The average molecular weight is 204 g/mol. The van der Waals surface area contributed by atoms with E-state index in [2.05, 4.69) is 46.4 Å². The van der Waals surface area contributed by atoms with Gasteiger partial charge in [0.25, 0.3) is 0 Å². The number of allylic oxidation sites excluding steroid dienone is 1. The second-order valence-corrected chi connectivity index (χ2v) is 4.00. The molecular weight excluding hydrogens is 180 g/mol. The van der Waals surface area contributed by atoms with Crippen molar-refractivity contribution < 1.29 is 0 Å². The molecule has 0 aliphatic heterocycles. The lowest BCUT2D eigenvalue weighted by molar-refractivity contribution is 1.11. The van der Waals surface area contributed by atoms with Crippen LogP contribution in [0, 0.1) is 20.8 Å². The summed E-state index contributed by atoms with van der Waals surface area (Å²) in [7, 11) is 0. The second kappa shape index (κ2) is 6.44. The van der Waals surface area contributed by atoms with Gasteiger partial charge in [0.15, 0.2) is 0 Å². The SMILES string of the molecule is C=C(C)Cc1cc(C)c(C)cc1C.CC. The topological polar surface area (TPSA) is 0 Å². The zero-order valence-electron chi connectivity index (χ0n) is 11.1. The smallest absolute Gasteiger partial charge is 0.00698 e. The molecule has 0 amide bonds. The van der Waals surface area contributed by atoms with Gasteiger partial charge in [0.05, 0.1) is 0 Å². The fourth-order valence-electron chi connectivity index (χ4n) is 1.54. The molecule has 1 aromatic rings. The van der Waals surface area contributed by atoms with Crippen LogP contribution in [0.25, 0.3) is 0 Å². The van der Waals surface area contributed by atoms with E-state index in [0.29, 0.717) is 0 Å². The normalized spacial score (nSPS) is 9.20. The Hall–Kier alpha value is -1.04. The number of hydrogen-bond acceptors (Lipinski definition) is 0. The minimum Gasteiger partial charge on any atom is -0.0998 e. The third-order valence-electron chi connectivity index (χ3n) is 2.44. The van der Waals surface area contributed by atoms with E-state index >= 15 is 0 Å². The van der Waals surface area contributed by atoms with Crippen LogP contribution in [0.2, 0.25) is 0 Å². The maximum atomic E-state index is 3.94. The van der Waals surface area contributed by atoms with E-state index in [4.69, 9.17) is 0 Å². The first-order valence-corrected chi connectivity index (χ1v) is 5.72. The highest BCUT2D eigenvalue weighted by molar-refractivity contribution is 5.38. The first kappa shape index (κ1) is 14.0. The number of aryl methyl sites for hydroxylation is 3. The van der Waals surface area contributed by atoms with Crippen LogP contribution in [-0.4, -0.2) is 0 Å². The minimum atomic E-state index is 1.01. The van der Waals surface area contributed by atoms with Gasteiger partial charge in [-0.15, -0.1) is 0 Å². The summed E-state index contributed by atoms with van der Waals surface area (Å²) < 4.78 is 0. The summed E-state index contributed by atoms with van der Waals surface area (Å²) in [6.45, 7) is 16.5. The fourth-order valence-corrected chi connectivity index (χ4v) is 1.54. The molecule has 15 heavy (non-hydrogen) atoms. The number of hydrogen-bond donors (Lipinski definition) is 0. The van der Waals surface area contributed by atoms with Gasteiger partial charge in [-0.05, 0) is 56.4 Å². The molecule has 0 aromatic heterocycles. The molecule has 1 aromatic carbocycles. The first-order chi connectivity index (χ1) is 7.00. The summed E-state index contributed by atoms with van der Waals surface area (Å²) in [6.07, 6.45) is 1.01. The highest BCUT2D eigenvalue weighted by Gasteiger charge is 2.01. The van der Waals surface area contributed by atoms with E-state index in [1.165, 1.54) is 27.8 Å². The zero-order chi connectivity index (χ0) is 12.0. The van der Waals surface area contributed by atoms with Gasteiger partial charge in [-0.3, -0.25) is 0 Å². The van der Waals surface area contributed by atoms with E-state index in [9.17, 15) is 0 Å². The van der Waals surface area contributed by atoms with Crippen molar-refractivity contribution >= 4 is 0 Å². The van der Waals surface area contributed by atoms with Crippen LogP contribution in [0.4, 0.5) is 0 Å². The van der Waals surface area contributed by atoms with E-state index in [-0.39, 0.29) is 0 Å². The molecule has 0 nitrogen and oxygen atoms in total. The molecule has 0 heteroatoms. The molecule has 0 bridgehead atoms. The molecule has 0 unspecified atom stereocenters. The predicted molar refractivity (Wildman–Crippen MR) is 70.5 cm³/mol. The number of benzene rings is 1. The van der Waals surface area contributed by atoms with Crippen molar-refractivity contribution in [3.05, 3.63) is 46.5 Å². The molecule has 0 aliphatic rings. The third-order valence-corrected chi connectivity index (χ3v) is 2.44. The third kappa shape index (κ3) is 4.33. The monoisotopic (exact) mass is 204 g/mol. The van der Waals surface area contributed by atoms with Gasteiger partial charge >= 0.3 is 0 Å². The van der Waals surface area contributed by atoms with Gasteiger partial charge in [0.2, 0.25) is 0 Å². The molecular formula is C15H24. The minimum absolute atomic E-state index is 1.01. The first-order valence-electron chi connectivity index (χ1n) is 5.72. The van der Waals surface area contributed by atoms with Crippen LogP contribution in [0.15, 0.2) is 24.3 Å². The Kier molecular flexibility index (Phi) is 6.00. The Balaban J connectivity index is 0.000000921. The molecule has 0 spiro atoms. The molecule has 0 heterocycles. The van der Waals surface area contributed by atoms with Crippen molar-refractivity contribution in [2.45, 2.75) is 48.0 Å². The Morgan fingerprint density at radius 2 is 1.47 bits per heavy atom. The Morgan fingerprint density at radius 1 is 1.00 bits per heavy atom. The highest BCUT2D eigenvalue weighted by Crippen LogP contribution is 2.17. The Morgan fingerprint density at radius 3 is 1.93 bits per heavy atom. The largest absolute Gasteiger partial charge is 0.0998 e. The van der Waals surface area contributed by atoms with Crippen molar-refractivity contribution in [1.29, 1.82) is 0 Å². The lowest BCUT2D eigenvalue weighted by Crippen LogP contribution is -1.93. The molecule has 0 aliphatic carbocycles. The molecule has 1 rings (SSSR count). The summed E-state index contributed by atoms with van der Waals surface area (Å²) in [4.78, 5) is 0. The Labute approximate surface area is 95.0 Å². The lowest BCUT2D eigenvalue weighted by Gasteiger charge is -2.09. The van der Waals surface area contributed by atoms with Gasteiger partial charge in [-0.1, -0.05) is 38.1 Å². The van der Waals surface area contributed by atoms with Gasteiger partial charge in [0, 0.05) is 0 Å². The molecule has 0 atom stereocenters. The van der Waals surface area contributed by atoms with Gasteiger partial charge in [-0.25, -0.2) is 0 Å². The van der Waals surface area contributed by atoms with Gasteiger partial charge in [0.1, 0.15) is 0 Å². The van der Waals surface area contributed by atoms with E-state index in [1.807, 2.05) is 13.8 Å². The standard InChI is InChI=1S/C13H18.C2H6/c1-9(2)6-13-8-11(4)10(3)7-12(13)5;1-2/h7-8H,1,6H2,2-5H3;1-2H3. The summed E-state index contributed by atoms with van der Waals surface area (Å²) in [5, 5.41) is 0. The molecule has 0 saturated heterocycles. The quantitative estimate of drug-likeness (QED) is 0.609. The summed E-state index contributed by atoms with van der Waals surface area (Å²) >= 11 is 0. The molecule has 0 radical (unpaired) electrons. The average Bonchev–Trinajstić information content (AvgIpc) is 2.17. The molecule has 0 fully saturated rings. The second-order valence-electron chi connectivity index (χ2n) is 4.00. The maximum absolute atomic E-state index is 3.94. The van der Waals surface area contributed by atoms with E-state index < -0.39 is 0 Å². The van der Waals surface area contributed by atoms with Crippen molar-refractivity contribution in [2.75, 3.05) is 0 Å². The maximum Gasteiger partial charge on any atom is -0.00698 e. The summed E-state index contributed by atoms with van der Waals surface area (Å²) in [5.41, 5.74) is 6.78. The highest BCUT2D eigenvalue weighted by atomic mass is 14.1. The lowest BCUT2D eigenvalue weighted by atomic mass is 9.97. The van der Waals surface area contributed by atoms with Crippen LogP contribution >= 0.6 is 0 Å².